The van der Waals surface area contributed by atoms with Gasteiger partial charge in [0.15, 0.2) is 0 Å². The lowest BCUT2D eigenvalue weighted by Crippen LogP contribution is -2.39. The molecule has 0 saturated carbocycles. The van der Waals surface area contributed by atoms with Crippen LogP contribution in [0.15, 0.2) is 53.2 Å². The number of nitrogens with zero attached hydrogens (tertiary/aromatic N) is 2. The van der Waals surface area contributed by atoms with Crippen LogP contribution >= 0.6 is 34.0 Å². The summed E-state index contributed by atoms with van der Waals surface area (Å²) in [7, 11) is 0. The standard InChI is InChI=1S/C21H18N2OS3/c24-20(8-7-19-22-15-4-1-2-5-17(15)27-19)23-11-9-16-14(10-13-26-16)21(23)18-6-3-12-25-18/h1-6,10,12-13,21H,7-9,11H2/t21-/m1/s1. The third kappa shape index (κ3) is 3.22. The van der Waals surface area contributed by atoms with Crippen molar-refractivity contribution in [1.29, 1.82) is 0 Å². The highest BCUT2D eigenvalue weighted by Gasteiger charge is 2.33. The maximum Gasteiger partial charge on any atom is 0.223 e. The summed E-state index contributed by atoms with van der Waals surface area (Å²) in [6.07, 6.45) is 2.19. The fourth-order valence-electron chi connectivity index (χ4n) is 3.72. The number of aryl methyl sites for hydroxylation is 1. The Kier molecular flexibility index (Phi) is 4.55. The fourth-order valence-corrected chi connectivity index (χ4v) is 6.45. The molecule has 1 amide bonds. The molecule has 0 radical (unpaired) electrons. The van der Waals surface area contributed by atoms with Crippen molar-refractivity contribution in [2.24, 2.45) is 0 Å². The van der Waals surface area contributed by atoms with Crippen molar-refractivity contribution < 1.29 is 4.79 Å². The smallest absolute Gasteiger partial charge is 0.223 e. The molecule has 4 heterocycles. The van der Waals surface area contributed by atoms with Gasteiger partial charge >= 0.3 is 0 Å². The molecule has 0 N–H and O–H groups in total. The maximum absolute atomic E-state index is 13.1. The number of carbonyl (C=O) groups excluding carboxylic acids is 1. The van der Waals surface area contributed by atoms with Gasteiger partial charge in [0.2, 0.25) is 5.91 Å². The Hall–Kier alpha value is -2.02. The second-order valence-electron chi connectivity index (χ2n) is 6.63. The molecule has 0 saturated heterocycles. The molecular formula is C21H18N2OS3. The van der Waals surface area contributed by atoms with Crippen LogP contribution < -0.4 is 0 Å². The summed E-state index contributed by atoms with van der Waals surface area (Å²) >= 11 is 5.24. The van der Waals surface area contributed by atoms with Crippen LogP contribution in [-0.4, -0.2) is 22.3 Å². The van der Waals surface area contributed by atoms with Crippen molar-refractivity contribution in [3.8, 4) is 0 Å². The molecular weight excluding hydrogens is 392 g/mol. The van der Waals surface area contributed by atoms with Crippen molar-refractivity contribution in [3.63, 3.8) is 0 Å². The molecule has 1 aliphatic heterocycles. The molecule has 6 heteroatoms. The molecule has 0 unspecified atom stereocenters. The summed E-state index contributed by atoms with van der Waals surface area (Å²) in [6, 6.07) is 14.7. The lowest BCUT2D eigenvalue weighted by atomic mass is 9.98. The van der Waals surface area contributed by atoms with Gasteiger partial charge in [-0.05, 0) is 47.0 Å². The Morgan fingerprint density at radius 3 is 2.89 bits per heavy atom. The number of thiophene rings is 2. The van der Waals surface area contributed by atoms with Crippen LogP contribution in [0.25, 0.3) is 10.2 Å². The van der Waals surface area contributed by atoms with Crippen LogP contribution in [0.1, 0.15) is 32.8 Å². The van der Waals surface area contributed by atoms with Crippen molar-refractivity contribution in [1.82, 2.24) is 9.88 Å². The number of hydrogen-bond donors (Lipinski definition) is 0. The number of benzene rings is 1. The lowest BCUT2D eigenvalue weighted by molar-refractivity contribution is -0.133. The summed E-state index contributed by atoms with van der Waals surface area (Å²) in [5.41, 5.74) is 2.34. The lowest BCUT2D eigenvalue weighted by Gasteiger charge is -2.35. The molecule has 5 rings (SSSR count). The topological polar surface area (TPSA) is 33.2 Å². The summed E-state index contributed by atoms with van der Waals surface area (Å²) in [4.78, 5) is 22.6. The molecule has 4 aromatic rings. The molecule has 0 fully saturated rings. The van der Waals surface area contributed by atoms with Crippen LogP contribution in [-0.2, 0) is 17.6 Å². The number of aromatic nitrogens is 1. The molecule has 0 aliphatic carbocycles. The number of fused-ring (bicyclic) bond motifs is 2. The van der Waals surface area contributed by atoms with Gasteiger partial charge in [-0.25, -0.2) is 4.98 Å². The Morgan fingerprint density at radius 2 is 2.04 bits per heavy atom. The molecule has 136 valence electrons. The van der Waals surface area contributed by atoms with E-state index in [0.29, 0.717) is 12.8 Å². The molecule has 1 aromatic carbocycles. The predicted molar refractivity (Wildman–Crippen MR) is 114 cm³/mol. The van der Waals surface area contributed by atoms with Crippen LogP contribution in [0.5, 0.6) is 0 Å². The van der Waals surface area contributed by atoms with Gasteiger partial charge in [-0.15, -0.1) is 34.0 Å². The van der Waals surface area contributed by atoms with Crippen molar-refractivity contribution in [2.45, 2.75) is 25.3 Å². The largest absolute Gasteiger partial charge is 0.330 e. The quantitative estimate of drug-likeness (QED) is 0.443. The van der Waals surface area contributed by atoms with E-state index in [1.165, 1.54) is 20.0 Å². The van der Waals surface area contributed by atoms with E-state index in [2.05, 4.69) is 44.9 Å². The number of carbonyl (C=O) groups is 1. The number of para-hydroxylation sites is 1. The molecule has 27 heavy (non-hydrogen) atoms. The van der Waals surface area contributed by atoms with Crippen LogP contribution in [0.4, 0.5) is 0 Å². The maximum atomic E-state index is 13.1. The highest BCUT2D eigenvalue weighted by molar-refractivity contribution is 7.18. The number of hydrogen-bond acceptors (Lipinski definition) is 5. The van der Waals surface area contributed by atoms with Crippen molar-refractivity contribution >= 4 is 50.1 Å². The zero-order chi connectivity index (χ0) is 18.2. The van der Waals surface area contributed by atoms with Crippen LogP contribution in [0.2, 0.25) is 0 Å². The summed E-state index contributed by atoms with van der Waals surface area (Å²) in [6.45, 7) is 0.800. The number of amides is 1. The van der Waals surface area contributed by atoms with Crippen LogP contribution in [0, 0.1) is 0 Å². The summed E-state index contributed by atoms with van der Waals surface area (Å²) in [5.74, 6) is 0.226. The highest BCUT2D eigenvalue weighted by Crippen LogP contribution is 2.39. The second-order valence-corrected chi connectivity index (χ2v) is 9.72. The number of thiazole rings is 1. The minimum atomic E-state index is 0.0721. The molecule has 1 atom stereocenters. The van der Waals surface area contributed by atoms with E-state index < -0.39 is 0 Å². The van der Waals surface area contributed by atoms with Gasteiger partial charge in [0.1, 0.15) is 0 Å². The second kappa shape index (κ2) is 7.19. The van der Waals surface area contributed by atoms with Gasteiger partial charge in [0, 0.05) is 29.1 Å². The first kappa shape index (κ1) is 17.1. The van der Waals surface area contributed by atoms with Crippen molar-refractivity contribution in [2.75, 3.05) is 6.54 Å². The third-order valence-electron chi connectivity index (χ3n) is 4.99. The summed E-state index contributed by atoms with van der Waals surface area (Å²) < 4.78 is 1.19. The minimum Gasteiger partial charge on any atom is -0.330 e. The average molecular weight is 411 g/mol. The van der Waals surface area contributed by atoms with E-state index in [1.54, 1.807) is 22.7 Å². The van der Waals surface area contributed by atoms with Gasteiger partial charge in [0.25, 0.3) is 0 Å². The van der Waals surface area contributed by atoms with E-state index in [9.17, 15) is 4.79 Å². The zero-order valence-electron chi connectivity index (χ0n) is 14.6. The van der Waals surface area contributed by atoms with Gasteiger partial charge in [-0.3, -0.25) is 4.79 Å². The van der Waals surface area contributed by atoms with Gasteiger partial charge < -0.3 is 4.90 Å². The van der Waals surface area contributed by atoms with E-state index in [-0.39, 0.29) is 11.9 Å². The molecule has 1 aliphatic rings. The third-order valence-corrected chi connectivity index (χ3v) is 8.01. The van der Waals surface area contributed by atoms with E-state index >= 15 is 0 Å². The predicted octanol–water partition coefficient (Wildman–Crippen LogP) is 5.53. The first-order valence-electron chi connectivity index (χ1n) is 9.03. The van der Waals surface area contributed by atoms with Gasteiger partial charge in [-0.2, -0.15) is 0 Å². The van der Waals surface area contributed by atoms with Gasteiger partial charge in [0.05, 0.1) is 21.3 Å². The Labute approximate surface area is 169 Å². The monoisotopic (exact) mass is 410 g/mol. The van der Waals surface area contributed by atoms with E-state index in [4.69, 9.17) is 0 Å². The molecule has 0 bridgehead atoms. The molecule has 3 nitrogen and oxygen atoms in total. The van der Waals surface area contributed by atoms with Crippen molar-refractivity contribution in [3.05, 3.63) is 73.6 Å². The van der Waals surface area contributed by atoms with E-state index in [0.717, 1.165) is 23.5 Å². The van der Waals surface area contributed by atoms with Gasteiger partial charge in [-0.1, -0.05) is 18.2 Å². The average Bonchev–Trinajstić information content (AvgIpc) is 3.45. The Morgan fingerprint density at radius 1 is 1.11 bits per heavy atom. The summed E-state index contributed by atoms with van der Waals surface area (Å²) in [5, 5.41) is 5.30. The SMILES string of the molecule is O=C(CCc1nc2ccccc2s1)N1CCc2sccc2[C@@H]1c1cccs1. The first-order valence-corrected chi connectivity index (χ1v) is 11.6. The zero-order valence-corrected chi connectivity index (χ0v) is 17.1. The molecule has 0 spiro atoms. The van der Waals surface area contributed by atoms with E-state index in [1.807, 2.05) is 29.5 Å². The van der Waals surface area contributed by atoms with Crippen LogP contribution in [0.3, 0.4) is 0 Å². The first-order chi connectivity index (χ1) is 13.3. The number of rotatable bonds is 4. The Balaban J connectivity index is 1.37. The normalized spacial score (nSPS) is 16.6. The fraction of sp³-hybridized carbons (Fsp3) is 0.238. The minimum absolute atomic E-state index is 0.0721. The Bertz CT molecular complexity index is 1050. The molecule has 3 aromatic heterocycles. The highest BCUT2D eigenvalue weighted by atomic mass is 32.1.